The van der Waals surface area contributed by atoms with E-state index in [1.165, 1.54) is 24.2 Å². The highest BCUT2D eigenvalue weighted by molar-refractivity contribution is 6.30. The van der Waals surface area contributed by atoms with Gasteiger partial charge in [-0.15, -0.1) is 0 Å². The number of carbonyl (C=O) groups is 5. The minimum absolute atomic E-state index is 0.0222. The number of carbonyl (C=O) groups excluding carboxylic acids is 5. The lowest BCUT2D eigenvalue weighted by atomic mass is 9.82. The number of ether oxygens (including phenoxy) is 3. The Morgan fingerprint density at radius 1 is 0.758 bits per heavy atom. The topological polar surface area (TPSA) is 203 Å². The Kier molecular flexibility index (Phi) is 28.7. The molecule has 4 aromatic rings. The number of fused-ring (bicyclic) bond motifs is 1. The molecule has 3 aromatic carbocycles. The number of methoxy groups -OCH3 is 1. The number of benzene rings is 3. The van der Waals surface area contributed by atoms with Gasteiger partial charge in [-0.25, -0.2) is 14.8 Å². The zero-order chi connectivity index (χ0) is 68.0. The molecule has 0 spiro atoms. The van der Waals surface area contributed by atoms with Crippen LogP contribution in [0.1, 0.15) is 208 Å². The summed E-state index contributed by atoms with van der Waals surface area (Å²) < 4.78 is 17.1. The van der Waals surface area contributed by atoms with Crippen molar-refractivity contribution < 1.29 is 43.3 Å². The van der Waals surface area contributed by atoms with Crippen molar-refractivity contribution in [2.24, 2.45) is 11.8 Å². The molecule has 4 unspecified atom stereocenters. The van der Waals surface area contributed by atoms with Crippen LogP contribution in [0, 0.1) is 11.8 Å². The highest BCUT2D eigenvalue weighted by Gasteiger charge is 2.38. The Labute approximate surface area is 571 Å². The third-order valence-electron chi connectivity index (χ3n) is 19.7. The van der Waals surface area contributed by atoms with Crippen LogP contribution in [0.15, 0.2) is 73.1 Å². The van der Waals surface area contributed by atoms with Gasteiger partial charge in [-0.3, -0.25) is 24.1 Å². The SMILES string of the molecule is CC.CCCCC.CCOc1cc(OC)ccc1CN(CC(=O)N1CCCC(c2cccc(C(=O)NC(C(=O)N3CCC(CN4CCC(NCC(C(=O)N5CCN(c6ncnc7c6CCC7O)CC5)c5ccc(Cl)cc5)CC4)CC3)C3CCCCC3)c2)C1)C(=O)OC(C)(C)C. The summed E-state index contributed by atoms with van der Waals surface area (Å²) in [5.41, 5.74) is 4.11. The van der Waals surface area contributed by atoms with Crippen molar-refractivity contribution in [3.8, 4) is 11.5 Å². The van der Waals surface area contributed by atoms with Crippen molar-refractivity contribution in [3.05, 3.63) is 112 Å². The standard InChI is InChI=1S/C68H93ClN10O9.C5H12.C2H6/c1-6-87-59-39-55(86-5)22-19-52(59)43-79(67(85)88-68(2,3)4)44-60(81)78-29-11-16-51(42-78)49-14-10-15-50(38-49)64(82)73-61(48-12-8-7-9-13-48)66(84)76-32-25-46(26-33-76)41-74-30-27-54(28-31-74)70-40-57(47-17-20-53(69)21-18-47)65(83)77-36-34-75(35-37-77)63-56-23-24-58(80)62(56)71-45-72-63;1-3-5-4-2;1-2/h10,14-15,17-22,38-39,45-46,48,51,54,57-58,61,70,80H,6-9,11-13,16,23-37,40-44H2,1-5H3,(H,73,82);3-5H2,1-2H3;1-2H3. The van der Waals surface area contributed by atoms with E-state index in [0.29, 0.717) is 99.9 Å². The van der Waals surface area contributed by atoms with E-state index < -0.39 is 23.8 Å². The van der Waals surface area contributed by atoms with E-state index >= 15 is 0 Å². The molecule has 522 valence electrons. The highest BCUT2D eigenvalue weighted by Crippen LogP contribution is 2.36. The fourth-order valence-corrected chi connectivity index (χ4v) is 14.6. The number of nitrogens with zero attached hydrogens (tertiary/aromatic N) is 8. The quantitative estimate of drug-likeness (QED) is 0.0670. The van der Waals surface area contributed by atoms with Crippen LogP contribution in [0.3, 0.4) is 0 Å². The van der Waals surface area contributed by atoms with Crippen LogP contribution in [0.5, 0.6) is 11.5 Å². The lowest BCUT2D eigenvalue weighted by molar-refractivity contribution is -0.136. The summed E-state index contributed by atoms with van der Waals surface area (Å²) in [7, 11) is 1.58. The molecule has 95 heavy (non-hydrogen) atoms. The number of amides is 5. The lowest BCUT2D eigenvalue weighted by Crippen LogP contribution is -2.54. The van der Waals surface area contributed by atoms with E-state index in [1.807, 2.05) is 90.1 Å². The molecule has 1 saturated carbocycles. The number of halogens is 1. The molecular weight excluding hydrogens is 1220 g/mol. The molecular formula is C75H111ClN10O9. The summed E-state index contributed by atoms with van der Waals surface area (Å²) in [4.78, 5) is 92.4. The minimum Gasteiger partial charge on any atom is -0.497 e. The molecule has 0 bridgehead atoms. The number of piperazine rings is 1. The number of nitrogens with one attached hydrogen (secondary N) is 2. The monoisotopic (exact) mass is 1330 g/mol. The van der Waals surface area contributed by atoms with Gasteiger partial charge in [-0.1, -0.05) is 102 Å². The second kappa shape index (κ2) is 36.7. The first-order valence-corrected chi connectivity index (χ1v) is 36.3. The fourth-order valence-electron chi connectivity index (χ4n) is 14.4. The van der Waals surface area contributed by atoms with Gasteiger partial charge in [-0.05, 0) is 164 Å². The average Bonchev–Trinajstić information content (AvgIpc) is 1.77. The second-order valence-electron chi connectivity index (χ2n) is 27.5. The first kappa shape index (κ1) is 74.3. The van der Waals surface area contributed by atoms with Gasteiger partial charge in [0.15, 0.2) is 0 Å². The second-order valence-corrected chi connectivity index (χ2v) is 28.0. The number of rotatable bonds is 22. The smallest absolute Gasteiger partial charge is 0.411 e. The van der Waals surface area contributed by atoms with Crippen molar-refractivity contribution in [2.75, 3.05) is 104 Å². The maximum Gasteiger partial charge on any atom is 0.411 e. The summed E-state index contributed by atoms with van der Waals surface area (Å²) in [6, 6.07) is 20.4. The molecule has 4 atom stereocenters. The molecule has 1 aromatic heterocycles. The van der Waals surface area contributed by atoms with Crippen LogP contribution >= 0.6 is 11.6 Å². The summed E-state index contributed by atoms with van der Waals surface area (Å²) in [5.74, 6) is 1.91. The molecule has 5 fully saturated rings. The van der Waals surface area contributed by atoms with Gasteiger partial charge in [0, 0.05) is 105 Å². The predicted molar refractivity (Wildman–Crippen MR) is 375 cm³/mol. The summed E-state index contributed by atoms with van der Waals surface area (Å²) in [6.45, 7) is 24.3. The van der Waals surface area contributed by atoms with Crippen LogP contribution in [0.4, 0.5) is 10.6 Å². The van der Waals surface area contributed by atoms with Crippen LogP contribution in [0.25, 0.3) is 0 Å². The summed E-state index contributed by atoms with van der Waals surface area (Å²) in [5, 5.41) is 18.2. The summed E-state index contributed by atoms with van der Waals surface area (Å²) in [6.07, 6.45) is 16.3. The number of piperidine rings is 3. The zero-order valence-electron chi connectivity index (χ0n) is 58.6. The van der Waals surface area contributed by atoms with Crippen molar-refractivity contribution >= 4 is 47.1 Å². The van der Waals surface area contributed by atoms with Crippen LogP contribution in [-0.2, 0) is 32.1 Å². The van der Waals surface area contributed by atoms with Gasteiger partial charge in [0.1, 0.15) is 41.8 Å². The van der Waals surface area contributed by atoms with Gasteiger partial charge >= 0.3 is 6.09 Å². The molecule has 5 heterocycles. The van der Waals surface area contributed by atoms with Gasteiger partial charge in [0.25, 0.3) is 5.91 Å². The lowest BCUT2D eigenvalue weighted by Gasteiger charge is -2.40. The Bertz CT molecular complexity index is 3080. The molecule has 3 N–H and O–H groups in total. The highest BCUT2D eigenvalue weighted by atomic mass is 35.5. The normalized spacial score (nSPS) is 19.7. The van der Waals surface area contributed by atoms with Gasteiger partial charge in [0.2, 0.25) is 17.7 Å². The molecule has 10 rings (SSSR count). The van der Waals surface area contributed by atoms with E-state index in [0.717, 1.165) is 130 Å². The number of aliphatic hydroxyl groups excluding tert-OH is 1. The Morgan fingerprint density at radius 2 is 1.46 bits per heavy atom. The number of unbranched alkanes of at least 4 members (excludes halogenated alkanes) is 2. The first-order valence-electron chi connectivity index (χ1n) is 35.9. The van der Waals surface area contributed by atoms with E-state index in [9.17, 15) is 29.1 Å². The largest absolute Gasteiger partial charge is 0.497 e. The zero-order valence-corrected chi connectivity index (χ0v) is 59.3. The average molecular weight is 1330 g/mol. The Balaban J connectivity index is 0.00000158. The van der Waals surface area contributed by atoms with Gasteiger partial charge < -0.3 is 54.5 Å². The summed E-state index contributed by atoms with van der Waals surface area (Å²) >= 11 is 6.33. The maximum atomic E-state index is 14.7. The van der Waals surface area contributed by atoms with Crippen LogP contribution < -0.4 is 25.0 Å². The Morgan fingerprint density at radius 3 is 2.13 bits per heavy atom. The molecule has 20 heteroatoms. The fraction of sp³-hybridized carbons (Fsp3) is 0.640. The van der Waals surface area contributed by atoms with E-state index in [2.05, 4.69) is 44.2 Å². The van der Waals surface area contributed by atoms with E-state index in [1.54, 1.807) is 46.3 Å². The molecule has 4 saturated heterocycles. The van der Waals surface area contributed by atoms with Crippen molar-refractivity contribution in [3.63, 3.8) is 0 Å². The van der Waals surface area contributed by atoms with Crippen LogP contribution in [-0.4, -0.2) is 186 Å². The van der Waals surface area contributed by atoms with E-state index in [-0.39, 0.29) is 60.5 Å². The van der Waals surface area contributed by atoms with Gasteiger partial charge in [-0.2, -0.15) is 0 Å². The first-order chi connectivity index (χ1) is 45.9. The maximum absolute atomic E-state index is 14.7. The predicted octanol–water partition coefficient (Wildman–Crippen LogP) is 12.0. The van der Waals surface area contributed by atoms with Crippen molar-refractivity contribution in [1.29, 1.82) is 0 Å². The number of hydrogen-bond donors (Lipinski definition) is 3. The van der Waals surface area contributed by atoms with E-state index in [4.69, 9.17) is 25.8 Å². The number of aromatic nitrogens is 2. The molecule has 0 radical (unpaired) electrons. The van der Waals surface area contributed by atoms with Crippen LogP contribution in [0.2, 0.25) is 5.02 Å². The molecule has 2 aliphatic carbocycles. The number of hydrogen-bond acceptors (Lipinski definition) is 14. The Hall–Kier alpha value is -6.54. The molecule has 4 aliphatic heterocycles. The molecule has 6 aliphatic rings. The number of likely N-dealkylation sites (tertiary alicyclic amines) is 3. The molecule has 19 nitrogen and oxygen atoms in total. The number of anilines is 1. The van der Waals surface area contributed by atoms with Gasteiger partial charge in [0.05, 0.1) is 38.0 Å². The number of aliphatic hydroxyl groups is 1. The van der Waals surface area contributed by atoms with Crippen molar-refractivity contribution in [1.82, 2.24) is 45.1 Å². The third-order valence-corrected chi connectivity index (χ3v) is 20.0. The van der Waals surface area contributed by atoms with Crippen molar-refractivity contribution in [2.45, 2.75) is 200 Å². The third kappa shape index (κ3) is 21.0. The molecule has 5 amide bonds. The minimum atomic E-state index is -0.774.